The van der Waals surface area contributed by atoms with Gasteiger partial charge in [0.1, 0.15) is 6.04 Å². The van der Waals surface area contributed by atoms with E-state index in [-0.39, 0.29) is 5.56 Å². The Balaban J connectivity index is 2.29. The van der Waals surface area contributed by atoms with Crippen molar-refractivity contribution in [1.82, 2.24) is 10.3 Å². The molecule has 108 valence electrons. The number of carbonyl (C=O) groups is 3. The van der Waals surface area contributed by atoms with Crippen LogP contribution in [0.4, 0.5) is 0 Å². The maximum Gasteiger partial charge on any atom is 0.326 e. The monoisotopic (exact) mass is 288 g/mol. The summed E-state index contributed by atoms with van der Waals surface area (Å²) in [5.41, 5.74) is 0.840. The van der Waals surface area contributed by atoms with Crippen LogP contribution in [0.15, 0.2) is 36.5 Å². The number of hydrogen-bond donors (Lipinski definition) is 3. The summed E-state index contributed by atoms with van der Waals surface area (Å²) in [5.74, 6) is -3.35. The highest BCUT2D eigenvalue weighted by Crippen LogP contribution is 2.16. The van der Waals surface area contributed by atoms with Gasteiger partial charge in [-0.3, -0.25) is 14.6 Å². The van der Waals surface area contributed by atoms with Crippen LogP contribution >= 0.6 is 0 Å². The molecule has 21 heavy (non-hydrogen) atoms. The van der Waals surface area contributed by atoms with Crippen molar-refractivity contribution in [3.05, 3.63) is 42.1 Å². The summed E-state index contributed by atoms with van der Waals surface area (Å²) in [6.07, 6.45) is 0.887. The van der Waals surface area contributed by atoms with Gasteiger partial charge in [-0.15, -0.1) is 0 Å². The Hall–Kier alpha value is -2.96. The normalized spacial score (nSPS) is 11.8. The van der Waals surface area contributed by atoms with Crippen molar-refractivity contribution in [3.8, 4) is 0 Å². The van der Waals surface area contributed by atoms with E-state index >= 15 is 0 Å². The lowest BCUT2D eigenvalue weighted by molar-refractivity contribution is -0.145. The first kappa shape index (κ1) is 14.4. The number of hydrogen-bond acceptors (Lipinski definition) is 4. The van der Waals surface area contributed by atoms with Crippen LogP contribution in [0.2, 0.25) is 0 Å². The van der Waals surface area contributed by atoms with Crippen molar-refractivity contribution in [3.63, 3.8) is 0 Å². The van der Waals surface area contributed by atoms with E-state index in [1.807, 2.05) is 0 Å². The van der Waals surface area contributed by atoms with Gasteiger partial charge in [0, 0.05) is 17.1 Å². The molecular formula is C14H12N2O5. The molecule has 0 aliphatic carbocycles. The van der Waals surface area contributed by atoms with Crippen molar-refractivity contribution < 1.29 is 24.6 Å². The summed E-state index contributed by atoms with van der Waals surface area (Å²) in [7, 11) is 0. The molecule has 1 atom stereocenters. The molecule has 1 amide bonds. The van der Waals surface area contributed by atoms with E-state index in [4.69, 9.17) is 10.2 Å². The summed E-state index contributed by atoms with van der Waals surface area (Å²) >= 11 is 0. The number of carboxylic acid groups (broad SMARTS) is 2. The van der Waals surface area contributed by atoms with Crippen LogP contribution in [0.5, 0.6) is 0 Å². The van der Waals surface area contributed by atoms with Crippen LogP contribution in [0.3, 0.4) is 0 Å². The van der Waals surface area contributed by atoms with Crippen LogP contribution in [0.1, 0.15) is 16.8 Å². The number of benzene rings is 1. The number of rotatable bonds is 5. The number of aromatic nitrogens is 1. The molecule has 1 heterocycles. The Morgan fingerprint density at radius 3 is 2.57 bits per heavy atom. The number of carboxylic acids is 2. The third-order valence-corrected chi connectivity index (χ3v) is 2.87. The van der Waals surface area contributed by atoms with Gasteiger partial charge in [-0.1, -0.05) is 12.1 Å². The van der Waals surface area contributed by atoms with Gasteiger partial charge in [0.2, 0.25) is 0 Å². The quantitative estimate of drug-likeness (QED) is 0.752. The fourth-order valence-corrected chi connectivity index (χ4v) is 1.91. The minimum Gasteiger partial charge on any atom is -0.481 e. The number of amides is 1. The van der Waals surface area contributed by atoms with Gasteiger partial charge in [0.05, 0.1) is 11.9 Å². The molecule has 0 saturated heterocycles. The second-order valence-corrected chi connectivity index (χ2v) is 4.34. The molecule has 1 unspecified atom stereocenters. The number of nitrogens with one attached hydrogen (secondary N) is 1. The van der Waals surface area contributed by atoms with Crippen LogP contribution in [-0.2, 0) is 9.59 Å². The standard InChI is InChI=1S/C14H12N2O5/c17-12(18)7-11(14(20)21)16-13(19)9-3-1-5-10-8(9)4-2-6-15-10/h1-6,11H,7H2,(H,16,19)(H,17,18)(H,20,21). The Bertz CT molecular complexity index is 708. The highest BCUT2D eigenvalue weighted by molar-refractivity contribution is 6.07. The molecule has 0 spiro atoms. The second kappa shape index (κ2) is 6.00. The van der Waals surface area contributed by atoms with Crippen molar-refractivity contribution in [2.75, 3.05) is 0 Å². The molecule has 2 aromatic rings. The minimum absolute atomic E-state index is 0.247. The highest BCUT2D eigenvalue weighted by atomic mass is 16.4. The Labute approximate surface area is 119 Å². The third kappa shape index (κ3) is 3.33. The molecule has 0 aliphatic rings. The Kier molecular flexibility index (Phi) is 4.13. The Morgan fingerprint density at radius 2 is 1.90 bits per heavy atom. The molecule has 0 bridgehead atoms. The molecule has 0 fully saturated rings. The van der Waals surface area contributed by atoms with E-state index in [9.17, 15) is 14.4 Å². The summed E-state index contributed by atoms with van der Waals surface area (Å²) in [5, 5.41) is 20.4. The highest BCUT2D eigenvalue weighted by Gasteiger charge is 2.24. The van der Waals surface area contributed by atoms with E-state index in [1.165, 1.54) is 6.07 Å². The van der Waals surface area contributed by atoms with Crippen LogP contribution in [-0.4, -0.2) is 39.1 Å². The zero-order chi connectivity index (χ0) is 15.4. The Morgan fingerprint density at radius 1 is 1.14 bits per heavy atom. The van der Waals surface area contributed by atoms with Crippen LogP contribution < -0.4 is 5.32 Å². The summed E-state index contributed by atoms with van der Waals surface area (Å²) in [6, 6.07) is 6.73. The number of pyridine rings is 1. The first-order chi connectivity index (χ1) is 9.99. The number of carbonyl (C=O) groups excluding carboxylic acids is 1. The SMILES string of the molecule is O=C(O)CC(NC(=O)c1cccc2ncccc12)C(=O)O. The first-order valence-electron chi connectivity index (χ1n) is 6.08. The predicted octanol–water partition coefficient (Wildman–Crippen LogP) is 0.892. The summed E-state index contributed by atoms with van der Waals surface area (Å²) in [4.78, 5) is 37.9. The van der Waals surface area contributed by atoms with Crippen molar-refractivity contribution in [2.24, 2.45) is 0 Å². The van der Waals surface area contributed by atoms with Crippen LogP contribution in [0.25, 0.3) is 10.9 Å². The predicted molar refractivity (Wildman–Crippen MR) is 72.9 cm³/mol. The van der Waals surface area contributed by atoms with Crippen LogP contribution in [0, 0.1) is 0 Å². The van der Waals surface area contributed by atoms with Gasteiger partial charge in [-0.2, -0.15) is 0 Å². The number of fused-ring (bicyclic) bond motifs is 1. The fraction of sp³-hybridized carbons (Fsp3) is 0.143. The van der Waals surface area contributed by atoms with E-state index in [0.29, 0.717) is 10.9 Å². The lowest BCUT2D eigenvalue weighted by Crippen LogP contribution is -2.42. The van der Waals surface area contributed by atoms with Gasteiger partial charge >= 0.3 is 11.9 Å². The molecule has 0 saturated carbocycles. The summed E-state index contributed by atoms with van der Waals surface area (Å²) in [6.45, 7) is 0. The molecule has 2 rings (SSSR count). The van der Waals surface area contributed by atoms with Crippen molar-refractivity contribution >= 4 is 28.7 Å². The maximum atomic E-state index is 12.2. The molecular weight excluding hydrogens is 276 g/mol. The molecule has 7 nitrogen and oxygen atoms in total. The zero-order valence-electron chi connectivity index (χ0n) is 10.8. The lowest BCUT2D eigenvalue weighted by Gasteiger charge is -2.13. The zero-order valence-corrected chi connectivity index (χ0v) is 10.8. The summed E-state index contributed by atoms with van der Waals surface area (Å²) < 4.78 is 0. The average molecular weight is 288 g/mol. The number of nitrogens with zero attached hydrogens (tertiary/aromatic N) is 1. The molecule has 1 aromatic carbocycles. The maximum absolute atomic E-state index is 12.2. The van der Waals surface area contributed by atoms with E-state index < -0.39 is 30.3 Å². The fourth-order valence-electron chi connectivity index (χ4n) is 1.91. The van der Waals surface area contributed by atoms with Gasteiger partial charge in [-0.05, 0) is 18.2 Å². The second-order valence-electron chi connectivity index (χ2n) is 4.34. The molecule has 7 heteroatoms. The molecule has 0 aliphatic heterocycles. The van der Waals surface area contributed by atoms with E-state index in [0.717, 1.165) is 0 Å². The van der Waals surface area contributed by atoms with E-state index in [2.05, 4.69) is 10.3 Å². The van der Waals surface area contributed by atoms with Crippen molar-refractivity contribution in [2.45, 2.75) is 12.5 Å². The van der Waals surface area contributed by atoms with Gasteiger partial charge in [0.25, 0.3) is 5.91 Å². The topological polar surface area (TPSA) is 117 Å². The van der Waals surface area contributed by atoms with E-state index in [1.54, 1.807) is 30.5 Å². The molecule has 3 N–H and O–H groups in total. The third-order valence-electron chi connectivity index (χ3n) is 2.87. The van der Waals surface area contributed by atoms with Gasteiger partial charge in [0.15, 0.2) is 0 Å². The number of aliphatic carboxylic acids is 2. The lowest BCUT2D eigenvalue weighted by atomic mass is 10.1. The van der Waals surface area contributed by atoms with Crippen molar-refractivity contribution in [1.29, 1.82) is 0 Å². The largest absolute Gasteiger partial charge is 0.481 e. The molecule has 1 aromatic heterocycles. The first-order valence-corrected chi connectivity index (χ1v) is 6.08. The van der Waals surface area contributed by atoms with Gasteiger partial charge in [-0.25, -0.2) is 4.79 Å². The minimum atomic E-state index is -1.48. The smallest absolute Gasteiger partial charge is 0.326 e. The average Bonchev–Trinajstić information content (AvgIpc) is 2.45. The molecule has 0 radical (unpaired) electrons. The van der Waals surface area contributed by atoms with Gasteiger partial charge < -0.3 is 15.5 Å².